The van der Waals surface area contributed by atoms with Crippen molar-refractivity contribution in [1.82, 2.24) is 15.0 Å². The Labute approximate surface area is 182 Å². The van der Waals surface area contributed by atoms with Crippen molar-refractivity contribution in [3.8, 4) is 0 Å². The summed E-state index contributed by atoms with van der Waals surface area (Å²) >= 11 is 4.96. The number of nitrogens with zero attached hydrogens (tertiary/aromatic N) is 1. The van der Waals surface area contributed by atoms with Crippen LogP contribution < -0.4 is 11.0 Å². The third kappa shape index (κ3) is 4.77. The summed E-state index contributed by atoms with van der Waals surface area (Å²) < 4.78 is 6.78. The zero-order chi connectivity index (χ0) is 21.1. The van der Waals surface area contributed by atoms with Crippen LogP contribution in [0.5, 0.6) is 0 Å². The average Bonchev–Trinajstić information content (AvgIpc) is 3.28. The molecule has 2 heterocycles. The number of ether oxygens (including phenoxy) is 1. The van der Waals surface area contributed by atoms with Gasteiger partial charge in [-0.25, -0.2) is 9.78 Å². The van der Waals surface area contributed by atoms with Gasteiger partial charge in [0.05, 0.1) is 31.9 Å². The van der Waals surface area contributed by atoms with E-state index in [4.69, 9.17) is 4.74 Å². The number of rotatable bonds is 7. The van der Waals surface area contributed by atoms with Gasteiger partial charge in [0.1, 0.15) is 0 Å². The number of aromatic amines is 2. The maximum Gasteiger partial charge on any atom is 0.323 e. The summed E-state index contributed by atoms with van der Waals surface area (Å²) in [6.45, 7) is -0.381. The summed E-state index contributed by atoms with van der Waals surface area (Å²) in [5.74, 6) is -0.900. The standard InChI is InChI=1S/C20H17BrN4O4S/c21-11-8-14-15(25-20(28)24-14)9-13(11)22-17(26)10-29-19(27)7-3-6-18-23-12-4-1-2-5-16(12)30-18/h1-2,4-5,8-9H,3,6-7,10H2,(H,22,26)(H2,24,25,28). The predicted molar refractivity (Wildman–Crippen MR) is 119 cm³/mol. The minimum atomic E-state index is -0.465. The van der Waals surface area contributed by atoms with Gasteiger partial charge in [0.25, 0.3) is 5.91 Å². The second-order valence-electron chi connectivity index (χ2n) is 6.59. The Bertz CT molecular complexity index is 1260. The number of carbonyl (C=O) groups is 2. The number of esters is 1. The highest BCUT2D eigenvalue weighted by Crippen LogP contribution is 2.26. The van der Waals surface area contributed by atoms with Crippen LogP contribution in [0.25, 0.3) is 21.3 Å². The van der Waals surface area contributed by atoms with Gasteiger partial charge in [-0.1, -0.05) is 12.1 Å². The lowest BCUT2D eigenvalue weighted by Crippen LogP contribution is -2.21. The fourth-order valence-electron chi connectivity index (χ4n) is 2.97. The summed E-state index contributed by atoms with van der Waals surface area (Å²) in [6.07, 6.45) is 1.50. The van der Waals surface area contributed by atoms with E-state index in [-0.39, 0.29) is 18.7 Å². The van der Waals surface area contributed by atoms with E-state index in [0.29, 0.717) is 34.0 Å². The number of hydrogen-bond donors (Lipinski definition) is 3. The first-order valence-corrected chi connectivity index (χ1v) is 10.8. The average molecular weight is 489 g/mol. The molecule has 0 saturated heterocycles. The van der Waals surface area contributed by atoms with Crippen LogP contribution in [0, 0.1) is 0 Å². The van der Waals surface area contributed by atoms with E-state index in [2.05, 4.69) is 36.2 Å². The first kappa shape index (κ1) is 20.3. The number of imidazole rings is 1. The minimum Gasteiger partial charge on any atom is -0.456 e. The lowest BCUT2D eigenvalue weighted by atomic mass is 10.2. The van der Waals surface area contributed by atoms with Crippen LogP contribution in [0.15, 0.2) is 45.7 Å². The van der Waals surface area contributed by atoms with Crippen LogP contribution in [0.1, 0.15) is 17.8 Å². The quantitative estimate of drug-likeness (QED) is 0.342. The van der Waals surface area contributed by atoms with Crippen molar-refractivity contribution in [2.75, 3.05) is 11.9 Å². The van der Waals surface area contributed by atoms with Crippen molar-refractivity contribution >= 4 is 66.1 Å². The summed E-state index contributed by atoms with van der Waals surface area (Å²) in [4.78, 5) is 45.2. The van der Waals surface area contributed by atoms with Gasteiger partial charge in [0, 0.05) is 10.9 Å². The number of anilines is 1. The fourth-order valence-corrected chi connectivity index (χ4v) is 4.42. The molecule has 0 fully saturated rings. The number of carbonyl (C=O) groups excluding carboxylic acids is 2. The molecule has 0 unspecified atom stereocenters. The largest absolute Gasteiger partial charge is 0.456 e. The normalized spacial score (nSPS) is 11.1. The molecule has 2 aromatic carbocycles. The number of para-hydroxylation sites is 1. The van der Waals surface area contributed by atoms with E-state index < -0.39 is 11.9 Å². The highest BCUT2D eigenvalue weighted by molar-refractivity contribution is 9.10. The molecule has 154 valence electrons. The monoisotopic (exact) mass is 488 g/mol. The van der Waals surface area contributed by atoms with Gasteiger partial charge in [-0.2, -0.15) is 0 Å². The van der Waals surface area contributed by atoms with Crippen molar-refractivity contribution in [1.29, 1.82) is 0 Å². The van der Waals surface area contributed by atoms with Gasteiger partial charge in [-0.15, -0.1) is 11.3 Å². The molecule has 0 atom stereocenters. The van der Waals surface area contributed by atoms with Crippen LogP contribution in [0.3, 0.4) is 0 Å². The fraction of sp³-hybridized carbons (Fsp3) is 0.200. The molecular weight excluding hydrogens is 472 g/mol. The van der Waals surface area contributed by atoms with Crippen molar-refractivity contribution in [2.45, 2.75) is 19.3 Å². The third-order valence-corrected chi connectivity index (χ3v) is 6.10. The topological polar surface area (TPSA) is 117 Å². The van der Waals surface area contributed by atoms with Crippen molar-refractivity contribution < 1.29 is 14.3 Å². The minimum absolute atomic E-state index is 0.212. The summed E-state index contributed by atoms with van der Waals surface area (Å²) in [5.41, 5.74) is 2.27. The molecule has 1 amide bonds. The highest BCUT2D eigenvalue weighted by atomic mass is 79.9. The number of fused-ring (bicyclic) bond motifs is 2. The Morgan fingerprint density at radius 2 is 1.93 bits per heavy atom. The molecule has 2 aromatic heterocycles. The number of H-pyrrole nitrogens is 2. The smallest absolute Gasteiger partial charge is 0.323 e. The second-order valence-corrected chi connectivity index (χ2v) is 8.56. The highest BCUT2D eigenvalue weighted by Gasteiger charge is 2.12. The molecular formula is C20H17BrN4O4S. The van der Waals surface area contributed by atoms with E-state index in [0.717, 1.165) is 15.2 Å². The molecule has 4 rings (SSSR count). The molecule has 0 aliphatic rings. The number of aryl methyl sites for hydroxylation is 1. The lowest BCUT2D eigenvalue weighted by Gasteiger charge is -2.08. The van der Waals surface area contributed by atoms with Gasteiger partial charge in [-0.05, 0) is 53.0 Å². The molecule has 10 heteroatoms. The van der Waals surface area contributed by atoms with Gasteiger partial charge in [0.15, 0.2) is 6.61 Å². The molecule has 0 saturated carbocycles. The van der Waals surface area contributed by atoms with E-state index >= 15 is 0 Å². The summed E-state index contributed by atoms with van der Waals surface area (Å²) in [5, 5.41) is 3.63. The van der Waals surface area contributed by atoms with Gasteiger partial charge < -0.3 is 20.0 Å². The van der Waals surface area contributed by atoms with Crippen LogP contribution in [0.2, 0.25) is 0 Å². The molecule has 0 radical (unpaired) electrons. The SMILES string of the molecule is O=C(COC(=O)CCCc1nc2ccccc2s1)Nc1cc2[nH]c(=O)[nH]c2cc1Br. The first-order valence-electron chi connectivity index (χ1n) is 9.19. The van der Waals surface area contributed by atoms with Crippen LogP contribution in [0.4, 0.5) is 5.69 Å². The third-order valence-electron chi connectivity index (χ3n) is 4.35. The zero-order valence-corrected chi connectivity index (χ0v) is 18.1. The molecule has 4 aromatic rings. The molecule has 0 bridgehead atoms. The van der Waals surface area contributed by atoms with Gasteiger partial charge >= 0.3 is 11.7 Å². The Balaban J connectivity index is 1.24. The predicted octanol–water partition coefficient (Wildman–Crippen LogP) is 3.73. The number of benzene rings is 2. The Kier molecular flexibility index (Phi) is 5.96. The number of aromatic nitrogens is 3. The maximum absolute atomic E-state index is 12.1. The van der Waals surface area contributed by atoms with E-state index in [1.165, 1.54) is 0 Å². The first-order chi connectivity index (χ1) is 14.5. The molecule has 30 heavy (non-hydrogen) atoms. The molecule has 8 nitrogen and oxygen atoms in total. The Hall–Kier alpha value is -2.98. The van der Waals surface area contributed by atoms with Crippen molar-refractivity contribution in [3.63, 3.8) is 0 Å². The Morgan fingerprint density at radius 1 is 1.17 bits per heavy atom. The molecule has 0 spiro atoms. The van der Waals surface area contributed by atoms with Gasteiger partial charge in [-0.3, -0.25) is 9.59 Å². The van der Waals surface area contributed by atoms with Gasteiger partial charge in [0.2, 0.25) is 0 Å². The molecule has 0 aliphatic carbocycles. The Morgan fingerprint density at radius 3 is 2.73 bits per heavy atom. The van der Waals surface area contributed by atoms with E-state index in [1.807, 2.05) is 24.3 Å². The van der Waals surface area contributed by atoms with Crippen LogP contribution in [-0.2, 0) is 20.7 Å². The van der Waals surface area contributed by atoms with Crippen LogP contribution in [-0.4, -0.2) is 33.4 Å². The number of halogens is 1. The van der Waals surface area contributed by atoms with Crippen molar-refractivity contribution in [2.24, 2.45) is 0 Å². The maximum atomic E-state index is 12.1. The van der Waals surface area contributed by atoms with E-state index in [9.17, 15) is 14.4 Å². The lowest BCUT2D eigenvalue weighted by molar-refractivity contribution is -0.147. The number of nitrogens with one attached hydrogen (secondary N) is 3. The molecule has 3 N–H and O–H groups in total. The second kappa shape index (κ2) is 8.80. The number of amides is 1. The van der Waals surface area contributed by atoms with Crippen molar-refractivity contribution in [3.05, 3.63) is 56.4 Å². The van der Waals surface area contributed by atoms with Crippen LogP contribution >= 0.6 is 27.3 Å². The number of thiazole rings is 1. The zero-order valence-electron chi connectivity index (χ0n) is 15.7. The number of hydrogen-bond acceptors (Lipinski definition) is 6. The molecule has 0 aliphatic heterocycles. The summed E-state index contributed by atoms with van der Waals surface area (Å²) in [6, 6.07) is 11.2. The summed E-state index contributed by atoms with van der Waals surface area (Å²) in [7, 11) is 0. The van der Waals surface area contributed by atoms with E-state index in [1.54, 1.807) is 23.5 Å².